The molecule has 37 heavy (non-hydrogen) atoms. The summed E-state index contributed by atoms with van der Waals surface area (Å²) in [6, 6.07) is 11.1. The minimum atomic E-state index is -3.81. The summed E-state index contributed by atoms with van der Waals surface area (Å²) in [6.07, 6.45) is 6.50. The quantitative estimate of drug-likeness (QED) is 0.360. The Morgan fingerprint density at radius 1 is 1.08 bits per heavy atom. The van der Waals surface area contributed by atoms with Crippen molar-refractivity contribution >= 4 is 66.7 Å². The molecule has 1 N–H and O–H groups in total. The first-order valence-electron chi connectivity index (χ1n) is 12.3. The molecule has 0 bridgehead atoms. The molecule has 3 rings (SSSR count). The Bertz CT molecular complexity index is 1220. The summed E-state index contributed by atoms with van der Waals surface area (Å²) in [4.78, 5) is 28.7. The Labute approximate surface area is 237 Å². The van der Waals surface area contributed by atoms with Gasteiger partial charge in [-0.2, -0.15) is 0 Å². The number of sulfonamides is 1. The normalized spacial score (nSPS) is 15.2. The van der Waals surface area contributed by atoms with E-state index in [0.29, 0.717) is 32.2 Å². The van der Waals surface area contributed by atoms with Crippen molar-refractivity contribution in [1.82, 2.24) is 10.2 Å². The molecule has 1 fully saturated rings. The zero-order valence-electron chi connectivity index (χ0n) is 20.9. The van der Waals surface area contributed by atoms with Gasteiger partial charge in [-0.05, 0) is 65.0 Å². The number of carbonyl (C=O) groups is 2. The van der Waals surface area contributed by atoms with Gasteiger partial charge in [-0.3, -0.25) is 13.9 Å². The summed E-state index contributed by atoms with van der Waals surface area (Å²) in [5.41, 5.74) is 1.02. The molecule has 0 radical (unpaired) electrons. The molecule has 2 amide bonds. The Balaban J connectivity index is 1.94. The Kier molecular flexibility index (Phi) is 10.7. The fourth-order valence-corrected chi connectivity index (χ4v) is 6.35. The number of rotatable bonds is 10. The standard InChI is InChI=1S/C26H32BrCl2N3O4S/c1-3-23(26(34)30-19-9-5-4-6-10-19)31(16-18-13-14-21(28)22(29)15-18)25(33)17-32(37(2,35)36)24-12-8-7-11-20(24)27/h7-8,11-15,19,23H,3-6,9-10,16-17H2,1-2H3,(H,30,34)/t23-/m0/s1. The van der Waals surface area contributed by atoms with Crippen LogP contribution in [0.2, 0.25) is 10.0 Å². The van der Waals surface area contributed by atoms with Gasteiger partial charge < -0.3 is 10.2 Å². The van der Waals surface area contributed by atoms with Crippen LogP contribution in [0.25, 0.3) is 0 Å². The lowest BCUT2D eigenvalue weighted by Crippen LogP contribution is -2.54. The summed E-state index contributed by atoms with van der Waals surface area (Å²) >= 11 is 15.7. The van der Waals surface area contributed by atoms with Crippen molar-refractivity contribution in [3.63, 3.8) is 0 Å². The van der Waals surface area contributed by atoms with Crippen LogP contribution in [-0.4, -0.2) is 50.0 Å². The first-order valence-corrected chi connectivity index (χ1v) is 15.7. The minimum absolute atomic E-state index is 0.0693. The molecule has 11 heteroatoms. The molecule has 7 nitrogen and oxygen atoms in total. The number of nitrogens with one attached hydrogen (secondary N) is 1. The number of benzene rings is 2. The summed E-state index contributed by atoms with van der Waals surface area (Å²) < 4.78 is 27.1. The van der Waals surface area contributed by atoms with Gasteiger partial charge in [0.05, 0.1) is 22.0 Å². The van der Waals surface area contributed by atoms with Crippen LogP contribution < -0.4 is 9.62 Å². The van der Waals surface area contributed by atoms with Gasteiger partial charge in [0.25, 0.3) is 0 Å². The highest BCUT2D eigenvalue weighted by Gasteiger charge is 2.33. The van der Waals surface area contributed by atoms with Crippen LogP contribution in [0.3, 0.4) is 0 Å². The number of carbonyl (C=O) groups excluding carboxylic acids is 2. The molecule has 0 aromatic heterocycles. The molecule has 1 aliphatic carbocycles. The molecule has 0 aliphatic heterocycles. The van der Waals surface area contributed by atoms with E-state index in [2.05, 4.69) is 21.2 Å². The van der Waals surface area contributed by atoms with E-state index in [1.165, 1.54) is 4.90 Å². The summed E-state index contributed by atoms with van der Waals surface area (Å²) in [6.45, 7) is 1.44. The molecule has 202 valence electrons. The number of nitrogens with zero attached hydrogens (tertiary/aromatic N) is 2. The van der Waals surface area contributed by atoms with E-state index in [9.17, 15) is 18.0 Å². The lowest BCUT2D eigenvalue weighted by atomic mass is 9.95. The predicted molar refractivity (Wildman–Crippen MR) is 152 cm³/mol. The van der Waals surface area contributed by atoms with Crippen LogP contribution >= 0.6 is 39.1 Å². The average Bonchev–Trinajstić information content (AvgIpc) is 2.85. The largest absolute Gasteiger partial charge is 0.352 e. The zero-order chi connectivity index (χ0) is 27.2. The monoisotopic (exact) mass is 631 g/mol. The molecule has 0 spiro atoms. The van der Waals surface area contributed by atoms with Gasteiger partial charge in [-0.1, -0.05) is 67.6 Å². The number of hydrogen-bond donors (Lipinski definition) is 1. The van der Waals surface area contributed by atoms with Gasteiger partial charge in [0, 0.05) is 17.1 Å². The van der Waals surface area contributed by atoms with Crippen molar-refractivity contribution in [1.29, 1.82) is 0 Å². The van der Waals surface area contributed by atoms with E-state index >= 15 is 0 Å². The highest BCUT2D eigenvalue weighted by molar-refractivity contribution is 9.10. The second kappa shape index (κ2) is 13.3. The van der Waals surface area contributed by atoms with Gasteiger partial charge >= 0.3 is 0 Å². The fourth-order valence-electron chi connectivity index (χ4n) is 4.55. The number of hydrogen-bond acceptors (Lipinski definition) is 4. The number of para-hydroxylation sites is 1. The predicted octanol–water partition coefficient (Wildman–Crippen LogP) is 5.78. The Hall–Kier alpha value is -1.81. The molecule has 2 aromatic carbocycles. The topological polar surface area (TPSA) is 86.8 Å². The minimum Gasteiger partial charge on any atom is -0.352 e. The molecule has 1 atom stereocenters. The second-order valence-corrected chi connectivity index (χ2v) is 12.8. The van der Waals surface area contributed by atoms with E-state index in [-0.39, 0.29) is 18.5 Å². The van der Waals surface area contributed by atoms with Gasteiger partial charge in [-0.25, -0.2) is 8.42 Å². The highest BCUT2D eigenvalue weighted by atomic mass is 79.9. The summed E-state index contributed by atoms with van der Waals surface area (Å²) in [5, 5.41) is 3.82. The molecular weight excluding hydrogens is 601 g/mol. The van der Waals surface area contributed by atoms with Gasteiger partial charge in [-0.15, -0.1) is 0 Å². The summed E-state index contributed by atoms with van der Waals surface area (Å²) in [7, 11) is -3.81. The first kappa shape index (κ1) is 29.7. The third-order valence-electron chi connectivity index (χ3n) is 6.47. The molecule has 1 saturated carbocycles. The maximum absolute atomic E-state index is 13.8. The third kappa shape index (κ3) is 8.09. The number of anilines is 1. The SMILES string of the molecule is CC[C@@H](C(=O)NC1CCCCC1)N(Cc1ccc(Cl)c(Cl)c1)C(=O)CN(c1ccccc1Br)S(C)(=O)=O. The fraction of sp³-hybridized carbons (Fsp3) is 0.462. The molecule has 0 heterocycles. The average molecular weight is 633 g/mol. The lowest BCUT2D eigenvalue weighted by Gasteiger charge is -2.34. The molecular formula is C26H32BrCl2N3O4S. The lowest BCUT2D eigenvalue weighted by molar-refractivity contribution is -0.140. The second-order valence-electron chi connectivity index (χ2n) is 9.26. The Morgan fingerprint density at radius 2 is 1.76 bits per heavy atom. The van der Waals surface area contributed by atoms with E-state index in [1.807, 2.05) is 6.92 Å². The van der Waals surface area contributed by atoms with Gasteiger partial charge in [0.1, 0.15) is 12.6 Å². The van der Waals surface area contributed by atoms with Crippen molar-refractivity contribution in [3.8, 4) is 0 Å². The Morgan fingerprint density at radius 3 is 2.35 bits per heavy atom. The van der Waals surface area contributed by atoms with E-state index in [0.717, 1.165) is 42.7 Å². The van der Waals surface area contributed by atoms with E-state index in [1.54, 1.807) is 42.5 Å². The van der Waals surface area contributed by atoms with Gasteiger partial charge in [0.2, 0.25) is 21.8 Å². The van der Waals surface area contributed by atoms with E-state index < -0.39 is 28.5 Å². The van der Waals surface area contributed by atoms with E-state index in [4.69, 9.17) is 23.2 Å². The molecule has 2 aromatic rings. The molecule has 0 saturated heterocycles. The smallest absolute Gasteiger partial charge is 0.244 e. The first-order chi connectivity index (χ1) is 17.5. The van der Waals surface area contributed by atoms with Crippen molar-refractivity contribution in [2.75, 3.05) is 17.1 Å². The number of halogens is 3. The van der Waals surface area contributed by atoms with Crippen LogP contribution in [0, 0.1) is 0 Å². The van der Waals surface area contributed by atoms with Crippen LogP contribution in [-0.2, 0) is 26.2 Å². The van der Waals surface area contributed by atoms with Crippen molar-refractivity contribution in [2.24, 2.45) is 0 Å². The van der Waals surface area contributed by atoms with Crippen LogP contribution in [0.1, 0.15) is 51.0 Å². The van der Waals surface area contributed by atoms with Crippen molar-refractivity contribution < 1.29 is 18.0 Å². The maximum atomic E-state index is 13.8. The molecule has 1 aliphatic rings. The third-order valence-corrected chi connectivity index (χ3v) is 9.01. The van der Waals surface area contributed by atoms with Crippen molar-refractivity contribution in [2.45, 2.75) is 64.1 Å². The van der Waals surface area contributed by atoms with Crippen LogP contribution in [0.15, 0.2) is 46.9 Å². The highest BCUT2D eigenvalue weighted by Crippen LogP contribution is 2.29. The number of amides is 2. The van der Waals surface area contributed by atoms with Gasteiger partial charge in [0.15, 0.2) is 0 Å². The van der Waals surface area contributed by atoms with Crippen LogP contribution in [0.4, 0.5) is 5.69 Å². The summed E-state index contributed by atoms with van der Waals surface area (Å²) in [5.74, 6) is -0.743. The molecule has 0 unspecified atom stereocenters. The maximum Gasteiger partial charge on any atom is 0.244 e. The van der Waals surface area contributed by atoms with Crippen LogP contribution in [0.5, 0.6) is 0 Å². The van der Waals surface area contributed by atoms with Crippen molar-refractivity contribution in [3.05, 3.63) is 62.5 Å². The zero-order valence-corrected chi connectivity index (χ0v) is 24.8.